The van der Waals surface area contributed by atoms with Crippen LogP contribution in [0.15, 0.2) is 54.0 Å². The zero-order valence-corrected chi connectivity index (χ0v) is 24.7. The van der Waals surface area contributed by atoms with Crippen molar-refractivity contribution in [3.63, 3.8) is 0 Å². The molecule has 0 aliphatic carbocycles. The van der Waals surface area contributed by atoms with E-state index in [1.54, 1.807) is 6.20 Å². The predicted octanol–water partition coefficient (Wildman–Crippen LogP) is 5.52. The van der Waals surface area contributed by atoms with Crippen LogP contribution in [0.2, 0.25) is 5.02 Å². The molecule has 1 saturated heterocycles. The number of piperidine rings is 1. The number of aliphatic hydroxyl groups is 2. The Morgan fingerprint density at radius 2 is 1.95 bits per heavy atom. The lowest BCUT2D eigenvalue weighted by Gasteiger charge is -2.42. The summed E-state index contributed by atoms with van der Waals surface area (Å²) in [7, 11) is 0. The smallest absolute Gasteiger partial charge is 0.255 e. The van der Waals surface area contributed by atoms with Crippen molar-refractivity contribution in [1.29, 1.82) is 5.26 Å². The van der Waals surface area contributed by atoms with E-state index >= 15 is 0 Å². The highest BCUT2D eigenvalue weighted by molar-refractivity contribution is 7.19. The van der Waals surface area contributed by atoms with Crippen molar-refractivity contribution in [2.75, 3.05) is 19.6 Å². The molecule has 1 fully saturated rings. The van der Waals surface area contributed by atoms with E-state index in [-0.39, 0.29) is 11.7 Å². The van der Waals surface area contributed by atoms with Crippen molar-refractivity contribution >= 4 is 55.7 Å². The third kappa shape index (κ3) is 5.49. The second-order valence-corrected chi connectivity index (χ2v) is 12.7. The van der Waals surface area contributed by atoms with Gasteiger partial charge in [-0.25, -0.2) is 13.7 Å². The SMILES string of the molecule is N#CC1(Cn2ccc3cc(Cl)cc(-c4ccnc5cc(CN6C(O)C=C(Cl)N(CC(F)F)C6O)sc45)c32)CCNCC1. The van der Waals surface area contributed by atoms with Crippen molar-refractivity contribution in [3.05, 3.63) is 63.9 Å². The van der Waals surface area contributed by atoms with Gasteiger partial charge >= 0.3 is 0 Å². The summed E-state index contributed by atoms with van der Waals surface area (Å²) in [6.45, 7) is 1.46. The minimum atomic E-state index is -2.72. The van der Waals surface area contributed by atoms with Crippen LogP contribution >= 0.6 is 34.5 Å². The van der Waals surface area contributed by atoms with Crippen molar-refractivity contribution in [2.24, 2.45) is 5.41 Å². The molecule has 2 aliphatic heterocycles. The van der Waals surface area contributed by atoms with Gasteiger partial charge in [-0.3, -0.25) is 4.98 Å². The number of hydrogen-bond donors (Lipinski definition) is 3. The molecule has 8 nitrogen and oxygen atoms in total. The second-order valence-electron chi connectivity index (χ2n) is 10.7. The fraction of sp³-hybridized carbons (Fsp3) is 0.379. The van der Waals surface area contributed by atoms with Crippen molar-refractivity contribution < 1.29 is 19.0 Å². The number of pyridine rings is 1. The number of hydrogen-bond acceptors (Lipinski definition) is 8. The summed E-state index contributed by atoms with van der Waals surface area (Å²) >= 11 is 14.1. The van der Waals surface area contributed by atoms with Gasteiger partial charge in [-0.05, 0) is 62.3 Å². The molecule has 6 rings (SSSR count). The third-order valence-electron chi connectivity index (χ3n) is 8.00. The number of halogens is 4. The molecule has 3 N–H and O–H groups in total. The monoisotopic (exact) mass is 632 g/mol. The summed E-state index contributed by atoms with van der Waals surface area (Å²) in [4.78, 5) is 7.54. The van der Waals surface area contributed by atoms with E-state index in [9.17, 15) is 24.3 Å². The molecule has 0 radical (unpaired) electrons. The quantitative estimate of drug-likeness (QED) is 0.231. The van der Waals surface area contributed by atoms with Gasteiger partial charge in [-0.1, -0.05) is 23.2 Å². The summed E-state index contributed by atoms with van der Waals surface area (Å²) in [6, 6.07) is 12.2. The average Bonchev–Trinajstić information content (AvgIpc) is 3.56. The highest BCUT2D eigenvalue weighted by atomic mass is 35.5. The van der Waals surface area contributed by atoms with Crippen molar-refractivity contribution in [2.45, 2.75) is 44.9 Å². The molecule has 0 saturated carbocycles. The Hall–Kier alpha value is -2.82. The normalized spacial score (nSPS) is 21.3. The van der Waals surface area contributed by atoms with Gasteiger partial charge < -0.3 is 25.0 Å². The fourth-order valence-electron chi connectivity index (χ4n) is 5.89. The van der Waals surface area contributed by atoms with Gasteiger partial charge in [0.15, 0.2) is 6.35 Å². The maximum absolute atomic E-state index is 13.1. The molecule has 0 bridgehead atoms. The van der Waals surface area contributed by atoms with Gasteiger partial charge in [0.05, 0.1) is 33.8 Å². The van der Waals surface area contributed by atoms with Gasteiger partial charge in [0.25, 0.3) is 6.43 Å². The molecule has 5 heterocycles. The number of aromatic nitrogens is 2. The lowest BCUT2D eigenvalue weighted by molar-refractivity contribution is -0.169. The first-order chi connectivity index (χ1) is 20.2. The number of rotatable bonds is 7. The van der Waals surface area contributed by atoms with E-state index in [1.807, 2.05) is 36.5 Å². The Morgan fingerprint density at radius 1 is 1.17 bits per heavy atom. The number of aliphatic hydroxyl groups excluding tert-OH is 2. The summed E-state index contributed by atoms with van der Waals surface area (Å²) in [5.41, 5.74) is 3.02. The van der Waals surface area contributed by atoms with E-state index < -0.39 is 31.0 Å². The Bertz CT molecular complexity index is 1700. The molecule has 2 atom stereocenters. The Labute approximate surface area is 255 Å². The zero-order valence-electron chi connectivity index (χ0n) is 22.4. The zero-order chi connectivity index (χ0) is 29.6. The van der Waals surface area contributed by atoms with Gasteiger partial charge in [0, 0.05) is 51.9 Å². The maximum atomic E-state index is 13.1. The minimum Gasteiger partial charge on any atom is -0.374 e. The Kier molecular flexibility index (Phi) is 8.15. The average molecular weight is 634 g/mol. The highest BCUT2D eigenvalue weighted by Gasteiger charge is 2.36. The molecule has 220 valence electrons. The third-order valence-corrected chi connectivity index (χ3v) is 9.70. The van der Waals surface area contributed by atoms with E-state index in [1.165, 1.54) is 22.3 Å². The van der Waals surface area contributed by atoms with Crippen LogP contribution in [0, 0.1) is 16.7 Å². The number of nitrogens with zero attached hydrogens (tertiary/aromatic N) is 5. The Morgan fingerprint density at radius 3 is 2.69 bits per heavy atom. The maximum Gasteiger partial charge on any atom is 0.255 e. The van der Waals surface area contributed by atoms with E-state index in [4.69, 9.17) is 23.2 Å². The standard InChI is InChI=1S/C29H28Cl2F2N6O2S/c30-18-9-17-2-8-37(16-29(15-34)3-6-35-7-4-29)26(17)21(10-18)20-1-5-36-22-11-19(42-27(20)22)13-39-25(40)12-23(31)38(28(39)41)14-24(32)33/h1-2,5,8-12,24-25,28,35,40-41H,3-4,6-7,13-14,16H2. The van der Waals surface area contributed by atoms with Crippen molar-refractivity contribution in [3.8, 4) is 17.2 Å². The van der Waals surface area contributed by atoms with Crippen LogP contribution in [0.25, 0.3) is 32.2 Å². The van der Waals surface area contributed by atoms with Crippen LogP contribution in [0.5, 0.6) is 0 Å². The number of nitrogens with one attached hydrogen (secondary N) is 1. The number of fused-ring (bicyclic) bond motifs is 2. The van der Waals surface area contributed by atoms with Gasteiger partial charge in [0.2, 0.25) is 0 Å². The molecule has 0 amide bonds. The summed E-state index contributed by atoms with van der Waals surface area (Å²) in [5.74, 6) is 0. The molecule has 3 aromatic heterocycles. The van der Waals surface area contributed by atoms with Crippen LogP contribution in [-0.2, 0) is 13.1 Å². The van der Waals surface area contributed by atoms with Gasteiger partial charge in [-0.2, -0.15) is 5.26 Å². The molecule has 1 aromatic carbocycles. The second kappa shape index (κ2) is 11.7. The Balaban J connectivity index is 1.38. The first-order valence-electron chi connectivity index (χ1n) is 13.5. The van der Waals surface area contributed by atoms with E-state index in [2.05, 4.69) is 20.9 Å². The van der Waals surface area contributed by atoms with E-state index in [0.29, 0.717) is 17.1 Å². The number of alkyl halides is 2. The fourth-order valence-corrected chi connectivity index (χ4v) is 7.54. The molecular formula is C29H28Cl2F2N6O2S. The summed E-state index contributed by atoms with van der Waals surface area (Å²) in [5, 5.41) is 36.3. The number of benzene rings is 1. The topological polar surface area (TPSA) is 101 Å². The van der Waals surface area contributed by atoms with Gasteiger partial charge in [0.1, 0.15) is 11.4 Å². The lowest BCUT2D eigenvalue weighted by Crippen LogP contribution is -2.55. The van der Waals surface area contributed by atoms with E-state index in [0.717, 1.165) is 62.4 Å². The number of thiophene rings is 1. The lowest BCUT2D eigenvalue weighted by atomic mass is 9.80. The molecular weight excluding hydrogens is 605 g/mol. The largest absolute Gasteiger partial charge is 0.374 e. The molecule has 42 heavy (non-hydrogen) atoms. The molecule has 4 aromatic rings. The number of nitriles is 1. The molecule has 2 aliphatic rings. The first-order valence-corrected chi connectivity index (χ1v) is 15.1. The van der Waals surface area contributed by atoms with Crippen LogP contribution < -0.4 is 5.32 Å². The first kappa shape index (κ1) is 29.3. The molecule has 2 unspecified atom stereocenters. The highest BCUT2D eigenvalue weighted by Crippen LogP contribution is 2.41. The van der Waals surface area contributed by atoms with Crippen LogP contribution in [0.1, 0.15) is 17.7 Å². The summed E-state index contributed by atoms with van der Waals surface area (Å²) in [6.07, 6.45) is 0.955. The predicted molar refractivity (Wildman–Crippen MR) is 160 cm³/mol. The van der Waals surface area contributed by atoms with Crippen LogP contribution in [0.4, 0.5) is 8.78 Å². The minimum absolute atomic E-state index is 0.0727. The van der Waals surface area contributed by atoms with Crippen molar-refractivity contribution in [1.82, 2.24) is 24.7 Å². The van der Waals surface area contributed by atoms with Gasteiger partial charge in [-0.15, -0.1) is 11.3 Å². The van der Waals surface area contributed by atoms with Crippen LogP contribution in [0.3, 0.4) is 0 Å². The summed E-state index contributed by atoms with van der Waals surface area (Å²) < 4.78 is 29.3. The van der Waals surface area contributed by atoms with Crippen LogP contribution in [-0.4, -0.2) is 68.2 Å². The molecule has 13 heteroatoms. The molecule has 0 spiro atoms.